The first-order chi connectivity index (χ1) is 10.6. The largest absolute Gasteiger partial charge is 0.357 e. The van der Waals surface area contributed by atoms with Gasteiger partial charge in [-0.1, -0.05) is 29.3 Å². The monoisotopic (exact) mass is 340 g/mol. The summed E-state index contributed by atoms with van der Waals surface area (Å²) in [5.74, 6) is 1.52. The van der Waals surface area contributed by atoms with Crippen LogP contribution in [-0.4, -0.2) is 27.3 Å². The number of nitrogens with one attached hydrogen (secondary N) is 2. The third-order valence-electron chi connectivity index (χ3n) is 2.99. The molecule has 1 heterocycles. The molecule has 0 fully saturated rings. The highest BCUT2D eigenvalue weighted by Crippen LogP contribution is 2.21. The lowest BCUT2D eigenvalue weighted by Crippen LogP contribution is -2.37. The van der Waals surface area contributed by atoms with Crippen molar-refractivity contribution < 1.29 is 0 Å². The van der Waals surface area contributed by atoms with Crippen molar-refractivity contribution in [3.63, 3.8) is 0 Å². The average molecular weight is 341 g/mol. The molecular weight excluding hydrogens is 323 g/mol. The van der Waals surface area contributed by atoms with Gasteiger partial charge in [-0.15, -0.1) is 10.2 Å². The van der Waals surface area contributed by atoms with Crippen molar-refractivity contribution in [2.45, 2.75) is 20.0 Å². The predicted molar refractivity (Wildman–Crippen MR) is 89.1 cm³/mol. The van der Waals surface area contributed by atoms with Gasteiger partial charge >= 0.3 is 0 Å². The normalized spacial score (nSPS) is 11.5. The van der Waals surface area contributed by atoms with Gasteiger partial charge in [-0.2, -0.15) is 0 Å². The summed E-state index contributed by atoms with van der Waals surface area (Å²) >= 11 is 12.0. The fourth-order valence-electron chi connectivity index (χ4n) is 1.79. The molecule has 1 aromatic carbocycles. The van der Waals surface area contributed by atoms with E-state index in [9.17, 15) is 0 Å². The topological polar surface area (TPSA) is 67.1 Å². The van der Waals surface area contributed by atoms with E-state index >= 15 is 0 Å². The summed E-state index contributed by atoms with van der Waals surface area (Å²) in [6, 6.07) is 5.40. The number of aliphatic imine (C=N–C) groups is 1. The lowest BCUT2D eigenvalue weighted by atomic mass is 10.2. The summed E-state index contributed by atoms with van der Waals surface area (Å²) in [5.41, 5.74) is 0.918. The fourth-order valence-corrected chi connectivity index (χ4v) is 2.25. The Hall–Kier alpha value is -1.79. The maximum Gasteiger partial charge on any atom is 0.191 e. The summed E-state index contributed by atoms with van der Waals surface area (Å²) in [4.78, 5) is 4.51. The Balaban J connectivity index is 2.01. The summed E-state index contributed by atoms with van der Waals surface area (Å²) in [6.45, 7) is 3.77. The molecule has 118 valence electrons. The molecule has 0 amide bonds. The number of benzene rings is 1. The zero-order valence-electron chi connectivity index (χ0n) is 12.5. The second-order valence-corrected chi connectivity index (χ2v) is 5.49. The van der Waals surface area contributed by atoms with Crippen LogP contribution in [0.4, 0.5) is 0 Å². The van der Waals surface area contributed by atoms with Crippen LogP contribution in [0.1, 0.15) is 18.3 Å². The number of aromatic nitrogens is 3. The quantitative estimate of drug-likeness (QED) is 0.647. The highest BCUT2D eigenvalue weighted by Gasteiger charge is 2.04. The molecule has 22 heavy (non-hydrogen) atoms. The molecule has 2 N–H and O–H groups in total. The molecular formula is C14H18Cl2N6. The van der Waals surface area contributed by atoms with Crippen LogP contribution in [0.15, 0.2) is 29.5 Å². The molecule has 6 nitrogen and oxygen atoms in total. The molecule has 8 heteroatoms. The number of hydrogen-bond acceptors (Lipinski definition) is 3. The molecule has 0 unspecified atom stereocenters. The van der Waals surface area contributed by atoms with Gasteiger partial charge in [0.15, 0.2) is 11.8 Å². The summed E-state index contributed by atoms with van der Waals surface area (Å²) < 4.78 is 1.85. The van der Waals surface area contributed by atoms with Gasteiger partial charge in [0.05, 0.1) is 13.1 Å². The van der Waals surface area contributed by atoms with E-state index in [0.717, 1.165) is 17.9 Å². The average Bonchev–Trinajstić information content (AvgIpc) is 2.89. The first-order valence-electron chi connectivity index (χ1n) is 6.89. The Morgan fingerprint density at radius 1 is 1.32 bits per heavy atom. The second kappa shape index (κ2) is 8.00. The van der Waals surface area contributed by atoms with Crippen LogP contribution in [-0.2, 0) is 20.1 Å². The van der Waals surface area contributed by atoms with Gasteiger partial charge in [-0.25, -0.2) is 4.99 Å². The molecule has 2 aromatic rings. The van der Waals surface area contributed by atoms with Crippen molar-refractivity contribution in [1.82, 2.24) is 25.4 Å². The van der Waals surface area contributed by atoms with Crippen LogP contribution in [0, 0.1) is 0 Å². The number of guanidine groups is 1. The van der Waals surface area contributed by atoms with Crippen molar-refractivity contribution in [3.8, 4) is 0 Å². The van der Waals surface area contributed by atoms with Gasteiger partial charge in [0.2, 0.25) is 0 Å². The van der Waals surface area contributed by atoms with E-state index in [4.69, 9.17) is 23.2 Å². The third kappa shape index (κ3) is 4.61. The molecule has 1 aromatic heterocycles. The Morgan fingerprint density at radius 3 is 2.77 bits per heavy atom. The standard InChI is InChI=1S/C14H18Cl2N6/c1-3-17-14(19-8-13-21-20-9-22(13)2)18-7-10-4-5-11(15)6-12(10)16/h4-6,9H,3,7-8H2,1-2H3,(H2,17,18,19). The zero-order chi connectivity index (χ0) is 15.9. The number of rotatable bonds is 5. The van der Waals surface area contributed by atoms with Crippen LogP contribution in [0.25, 0.3) is 0 Å². The minimum Gasteiger partial charge on any atom is -0.357 e. The lowest BCUT2D eigenvalue weighted by Gasteiger charge is -2.11. The van der Waals surface area contributed by atoms with Gasteiger partial charge in [0, 0.05) is 23.6 Å². The van der Waals surface area contributed by atoms with Gasteiger partial charge < -0.3 is 15.2 Å². The molecule has 2 rings (SSSR count). The molecule has 0 atom stereocenters. The van der Waals surface area contributed by atoms with Crippen LogP contribution < -0.4 is 10.6 Å². The number of aryl methyl sites for hydroxylation is 1. The Labute approximate surface area is 139 Å². The Morgan fingerprint density at radius 2 is 2.14 bits per heavy atom. The van der Waals surface area contributed by atoms with E-state index in [0.29, 0.717) is 29.1 Å². The summed E-state index contributed by atoms with van der Waals surface area (Å²) in [7, 11) is 1.90. The molecule has 0 spiro atoms. The van der Waals surface area contributed by atoms with E-state index in [1.165, 1.54) is 0 Å². The molecule has 0 aliphatic carbocycles. The zero-order valence-corrected chi connectivity index (χ0v) is 14.0. The maximum atomic E-state index is 6.15. The number of hydrogen-bond donors (Lipinski definition) is 2. The van der Waals surface area contributed by atoms with Gasteiger partial charge in [-0.05, 0) is 24.6 Å². The highest BCUT2D eigenvalue weighted by atomic mass is 35.5. The van der Waals surface area contributed by atoms with E-state index in [-0.39, 0.29) is 0 Å². The third-order valence-corrected chi connectivity index (χ3v) is 3.57. The van der Waals surface area contributed by atoms with Crippen molar-refractivity contribution >= 4 is 29.2 Å². The first kappa shape index (κ1) is 16.6. The van der Waals surface area contributed by atoms with E-state index in [1.54, 1.807) is 18.5 Å². The lowest BCUT2D eigenvalue weighted by molar-refractivity contribution is 0.726. The molecule has 0 aliphatic heterocycles. The van der Waals surface area contributed by atoms with Gasteiger partial charge in [-0.3, -0.25) is 0 Å². The van der Waals surface area contributed by atoms with Crippen molar-refractivity contribution in [3.05, 3.63) is 46.0 Å². The van der Waals surface area contributed by atoms with Crippen LogP contribution >= 0.6 is 23.2 Å². The minimum absolute atomic E-state index is 0.462. The summed E-state index contributed by atoms with van der Waals surface area (Å²) in [6.07, 6.45) is 1.66. The molecule has 0 saturated heterocycles. The maximum absolute atomic E-state index is 6.15. The minimum atomic E-state index is 0.462. The van der Waals surface area contributed by atoms with Crippen LogP contribution in [0.5, 0.6) is 0 Å². The van der Waals surface area contributed by atoms with Crippen molar-refractivity contribution in [2.75, 3.05) is 6.54 Å². The van der Waals surface area contributed by atoms with Crippen molar-refractivity contribution in [2.24, 2.45) is 12.0 Å². The highest BCUT2D eigenvalue weighted by molar-refractivity contribution is 6.35. The molecule has 0 aliphatic rings. The molecule has 0 radical (unpaired) electrons. The smallest absolute Gasteiger partial charge is 0.191 e. The SMILES string of the molecule is CCNC(=NCc1ccc(Cl)cc1Cl)NCc1nncn1C. The van der Waals surface area contributed by atoms with E-state index in [2.05, 4.69) is 25.8 Å². The first-order valence-corrected chi connectivity index (χ1v) is 7.64. The van der Waals surface area contributed by atoms with Crippen molar-refractivity contribution in [1.29, 1.82) is 0 Å². The second-order valence-electron chi connectivity index (χ2n) is 4.64. The van der Waals surface area contributed by atoms with E-state index < -0.39 is 0 Å². The van der Waals surface area contributed by atoms with E-state index in [1.807, 2.05) is 24.6 Å². The van der Waals surface area contributed by atoms with Crippen LogP contribution in [0.3, 0.4) is 0 Å². The fraction of sp³-hybridized carbons (Fsp3) is 0.357. The predicted octanol–water partition coefficient (Wildman–Crippen LogP) is 2.38. The molecule has 0 saturated carbocycles. The summed E-state index contributed by atoms with van der Waals surface area (Å²) in [5, 5.41) is 15.5. The van der Waals surface area contributed by atoms with Gasteiger partial charge in [0.1, 0.15) is 6.33 Å². The van der Waals surface area contributed by atoms with Crippen LogP contribution in [0.2, 0.25) is 10.0 Å². The number of halogens is 2. The molecule has 0 bridgehead atoms. The number of nitrogens with zero attached hydrogens (tertiary/aromatic N) is 4. The Kier molecular flexibility index (Phi) is 6.03. The van der Waals surface area contributed by atoms with Gasteiger partial charge in [0.25, 0.3) is 0 Å². The Bertz CT molecular complexity index is 653.